The quantitative estimate of drug-likeness (QED) is 0.464. The maximum atomic E-state index is 12.9. The first-order chi connectivity index (χ1) is 15.9. The van der Waals surface area contributed by atoms with Crippen molar-refractivity contribution >= 4 is 11.0 Å². The Kier molecular flexibility index (Phi) is 5.71. The van der Waals surface area contributed by atoms with Crippen LogP contribution in [-0.2, 0) is 13.6 Å². The van der Waals surface area contributed by atoms with Gasteiger partial charge in [-0.3, -0.25) is 9.13 Å². The molecule has 4 aromatic rings. The zero-order valence-corrected chi connectivity index (χ0v) is 20.0. The molecule has 0 radical (unpaired) electrons. The van der Waals surface area contributed by atoms with Gasteiger partial charge in [-0.05, 0) is 57.0 Å². The first-order valence-electron chi connectivity index (χ1n) is 12.0. The minimum absolute atomic E-state index is 0.0368. The highest BCUT2D eigenvalue weighted by molar-refractivity contribution is 5.86. The molecule has 3 heterocycles. The number of aromatic amines is 1. The van der Waals surface area contributed by atoms with Crippen molar-refractivity contribution in [2.45, 2.75) is 46.1 Å². The number of aromatic nitrogens is 4. The summed E-state index contributed by atoms with van der Waals surface area (Å²) >= 11 is 0. The van der Waals surface area contributed by atoms with Gasteiger partial charge in [0.15, 0.2) is 0 Å². The Morgan fingerprint density at radius 1 is 1.06 bits per heavy atom. The van der Waals surface area contributed by atoms with E-state index < -0.39 is 0 Å². The van der Waals surface area contributed by atoms with Crippen LogP contribution in [0.2, 0.25) is 0 Å². The molecule has 0 spiro atoms. The maximum absolute atomic E-state index is 12.9. The Labute approximate surface area is 194 Å². The molecule has 1 saturated heterocycles. The molecule has 2 N–H and O–H groups in total. The molecule has 6 heteroatoms. The van der Waals surface area contributed by atoms with E-state index in [-0.39, 0.29) is 5.69 Å². The first-order valence-corrected chi connectivity index (χ1v) is 12.0. The zero-order chi connectivity index (χ0) is 23.1. The first kappa shape index (κ1) is 21.7. The molecule has 1 aliphatic rings. The van der Waals surface area contributed by atoms with E-state index in [4.69, 9.17) is 4.98 Å². The molecule has 6 nitrogen and oxygen atoms in total. The van der Waals surface area contributed by atoms with E-state index in [0.717, 1.165) is 65.3 Å². The molecular weight excluding hydrogens is 410 g/mol. The van der Waals surface area contributed by atoms with Crippen molar-refractivity contribution in [2.24, 2.45) is 13.0 Å². The smallest absolute Gasteiger partial charge is 0.328 e. The minimum Gasteiger partial charge on any atom is -0.341 e. The Balaban J connectivity index is 1.66. The molecule has 0 amide bonds. The van der Waals surface area contributed by atoms with Gasteiger partial charge < -0.3 is 10.3 Å². The van der Waals surface area contributed by atoms with Crippen molar-refractivity contribution in [3.8, 4) is 22.5 Å². The summed E-state index contributed by atoms with van der Waals surface area (Å²) in [6.07, 6.45) is 2.18. The normalized spacial score (nSPS) is 15.1. The highest BCUT2D eigenvalue weighted by Gasteiger charge is 2.23. The summed E-state index contributed by atoms with van der Waals surface area (Å²) in [5, 5.41) is 3.45. The molecule has 0 bridgehead atoms. The van der Waals surface area contributed by atoms with Crippen LogP contribution >= 0.6 is 0 Å². The number of H-pyrrole nitrogens is 1. The molecule has 33 heavy (non-hydrogen) atoms. The topological polar surface area (TPSA) is 67.6 Å². The average Bonchev–Trinajstić information content (AvgIpc) is 3.36. The standard InChI is InChI=1S/C27H33N5O/c1-17(2)16-32-22-9-8-21(15-23(22)31(4)27(32)33)25-24(20-7-5-6-18(3)14-20)29-26(30-25)19-10-12-28-13-11-19/h5-9,14-15,17,19,28H,10-13,16H2,1-4H3,(H,29,30). The highest BCUT2D eigenvalue weighted by atomic mass is 16.1. The summed E-state index contributed by atoms with van der Waals surface area (Å²) < 4.78 is 3.65. The van der Waals surface area contributed by atoms with E-state index in [0.29, 0.717) is 18.4 Å². The summed E-state index contributed by atoms with van der Waals surface area (Å²) in [4.78, 5) is 21.7. The number of fused-ring (bicyclic) bond motifs is 1. The summed E-state index contributed by atoms with van der Waals surface area (Å²) in [5.41, 5.74) is 7.37. The van der Waals surface area contributed by atoms with E-state index in [1.54, 1.807) is 4.57 Å². The van der Waals surface area contributed by atoms with Crippen LogP contribution in [0.25, 0.3) is 33.5 Å². The van der Waals surface area contributed by atoms with Crippen LogP contribution in [0.1, 0.15) is 44.0 Å². The van der Waals surface area contributed by atoms with Gasteiger partial charge in [0.1, 0.15) is 5.82 Å². The van der Waals surface area contributed by atoms with Gasteiger partial charge >= 0.3 is 5.69 Å². The number of rotatable bonds is 5. The van der Waals surface area contributed by atoms with Crippen LogP contribution in [0.3, 0.4) is 0 Å². The number of benzene rings is 2. The Morgan fingerprint density at radius 2 is 1.85 bits per heavy atom. The van der Waals surface area contributed by atoms with Gasteiger partial charge in [-0.1, -0.05) is 43.7 Å². The van der Waals surface area contributed by atoms with Crippen LogP contribution in [0, 0.1) is 12.8 Å². The van der Waals surface area contributed by atoms with Crippen LogP contribution in [-0.4, -0.2) is 32.2 Å². The van der Waals surface area contributed by atoms with Crippen LogP contribution in [0.4, 0.5) is 0 Å². The molecule has 0 atom stereocenters. The zero-order valence-electron chi connectivity index (χ0n) is 20.0. The van der Waals surface area contributed by atoms with Crippen LogP contribution in [0.5, 0.6) is 0 Å². The van der Waals surface area contributed by atoms with Gasteiger partial charge in [0.25, 0.3) is 0 Å². The Morgan fingerprint density at radius 3 is 2.58 bits per heavy atom. The largest absolute Gasteiger partial charge is 0.341 e. The molecule has 0 saturated carbocycles. The van der Waals surface area contributed by atoms with Gasteiger partial charge in [-0.2, -0.15) is 0 Å². The Bertz CT molecular complexity index is 1350. The lowest BCUT2D eigenvalue weighted by Crippen LogP contribution is -2.27. The lowest BCUT2D eigenvalue weighted by atomic mass is 9.97. The second-order valence-corrected chi connectivity index (χ2v) is 9.79. The minimum atomic E-state index is 0.0368. The number of aryl methyl sites for hydroxylation is 2. The fraction of sp³-hybridized carbons (Fsp3) is 0.407. The number of hydrogen-bond acceptors (Lipinski definition) is 3. The molecule has 172 valence electrons. The van der Waals surface area contributed by atoms with Crippen molar-refractivity contribution in [1.82, 2.24) is 24.4 Å². The molecule has 5 rings (SSSR count). The van der Waals surface area contributed by atoms with Crippen LogP contribution < -0.4 is 11.0 Å². The Hall–Kier alpha value is -3.12. The van der Waals surface area contributed by atoms with Gasteiger partial charge in [0.05, 0.1) is 22.4 Å². The van der Waals surface area contributed by atoms with Gasteiger partial charge in [0.2, 0.25) is 0 Å². The number of nitrogens with one attached hydrogen (secondary N) is 2. The van der Waals surface area contributed by atoms with Crippen molar-refractivity contribution in [3.05, 3.63) is 64.3 Å². The predicted octanol–water partition coefficient (Wildman–Crippen LogP) is 4.83. The molecule has 1 aliphatic heterocycles. The van der Waals surface area contributed by atoms with Crippen molar-refractivity contribution in [1.29, 1.82) is 0 Å². The summed E-state index contributed by atoms with van der Waals surface area (Å²) in [7, 11) is 1.86. The average molecular weight is 444 g/mol. The fourth-order valence-corrected chi connectivity index (χ4v) is 4.99. The van der Waals surface area contributed by atoms with Gasteiger partial charge in [-0.25, -0.2) is 9.78 Å². The lowest BCUT2D eigenvalue weighted by Gasteiger charge is -2.20. The van der Waals surface area contributed by atoms with Crippen molar-refractivity contribution in [3.63, 3.8) is 0 Å². The summed E-state index contributed by atoms with van der Waals surface area (Å²) in [5.74, 6) is 1.90. The molecule has 2 aromatic heterocycles. The predicted molar refractivity (Wildman–Crippen MR) is 135 cm³/mol. The molecule has 2 aromatic carbocycles. The van der Waals surface area contributed by atoms with E-state index >= 15 is 0 Å². The summed E-state index contributed by atoms with van der Waals surface area (Å²) in [6, 6.07) is 14.9. The molecular formula is C27H33N5O. The monoisotopic (exact) mass is 443 g/mol. The second-order valence-electron chi connectivity index (χ2n) is 9.79. The van der Waals surface area contributed by atoms with E-state index in [1.807, 2.05) is 11.6 Å². The van der Waals surface area contributed by atoms with Gasteiger partial charge in [-0.15, -0.1) is 0 Å². The lowest BCUT2D eigenvalue weighted by molar-refractivity contribution is 0.447. The fourth-order valence-electron chi connectivity index (χ4n) is 4.99. The van der Waals surface area contributed by atoms with Crippen molar-refractivity contribution in [2.75, 3.05) is 13.1 Å². The molecule has 0 aliphatic carbocycles. The van der Waals surface area contributed by atoms with E-state index in [2.05, 4.69) is 73.5 Å². The number of hydrogen-bond donors (Lipinski definition) is 2. The highest BCUT2D eigenvalue weighted by Crippen LogP contribution is 2.35. The second kappa shape index (κ2) is 8.67. The number of imidazole rings is 2. The van der Waals surface area contributed by atoms with E-state index in [1.165, 1.54) is 5.56 Å². The SMILES string of the molecule is Cc1cccc(-c2nc(C3CCNCC3)[nH]c2-c2ccc3c(c2)n(C)c(=O)n3CC(C)C)c1. The summed E-state index contributed by atoms with van der Waals surface area (Å²) in [6.45, 7) is 9.16. The number of nitrogens with zero attached hydrogens (tertiary/aromatic N) is 3. The van der Waals surface area contributed by atoms with Gasteiger partial charge in [0, 0.05) is 30.6 Å². The maximum Gasteiger partial charge on any atom is 0.328 e. The van der Waals surface area contributed by atoms with Crippen LogP contribution in [0.15, 0.2) is 47.3 Å². The number of piperidine rings is 1. The molecule has 0 unspecified atom stereocenters. The third kappa shape index (κ3) is 4.04. The van der Waals surface area contributed by atoms with Crippen molar-refractivity contribution < 1.29 is 0 Å². The molecule has 1 fully saturated rings. The third-order valence-corrected chi connectivity index (χ3v) is 6.72. The third-order valence-electron chi connectivity index (χ3n) is 6.72. The van der Waals surface area contributed by atoms with E-state index in [9.17, 15) is 4.79 Å².